The Morgan fingerprint density at radius 1 is 1.06 bits per heavy atom. The van der Waals surface area contributed by atoms with Crippen LogP contribution in [0.15, 0.2) is 0 Å². The second-order valence-electron chi connectivity index (χ2n) is 5.74. The Kier molecular flexibility index (Phi) is 5.61. The summed E-state index contributed by atoms with van der Waals surface area (Å²) in [6, 6.07) is -1.16. The standard InChI is InChI=1S/C12H25N3O2/c1-7(2)9(13)11(17)14-8(3)10(16)15-12(4,5)6/h7-9H,13H2,1-6H3,(H,14,17)(H,15,16)/t8?,9-/m1/s1. The largest absolute Gasteiger partial charge is 0.350 e. The van der Waals surface area contributed by atoms with E-state index in [-0.39, 0.29) is 23.3 Å². The molecular formula is C12H25N3O2. The highest BCUT2D eigenvalue weighted by Crippen LogP contribution is 2.01. The molecule has 0 heterocycles. The van der Waals surface area contributed by atoms with Gasteiger partial charge in [0, 0.05) is 5.54 Å². The Bertz CT molecular complexity index is 282. The zero-order valence-corrected chi connectivity index (χ0v) is 11.6. The molecule has 0 spiro atoms. The van der Waals surface area contributed by atoms with E-state index >= 15 is 0 Å². The number of carbonyl (C=O) groups excluding carboxylic acids is 2. The van der Waals surface area contributed by atoms with Gasteiger partial charge in [-0.1, -0.05) is 13.8 Å². The lowest BCUT2D eigenvalue weighted by molar-refractivity contribution is -0.130. The first-order valence-electron chi connectivity index (χ1n) is 5.92. The predicted molar refractivity (Wildman–Crippen MR) is 68.3 cm³/mol. The summed E-state index contributed by atoms with van der Waals surface area (Å²) in [5.74, 6) is -0.453. The van der Waals surface area contributed by atoms with Gasteiger partial charge in [-0.15, -0.1) is 0 Å². The van der Waals surface area contributed by atoms with E-state index in [1.807, 2.05) is 34.6 Å². The fraction of sp³-hybridized carbons (Fsp3) is 0.833. The van der Waals surface area contributed by atoms with Crippen molar-refractivity contribution in [3.63, 3.8) is 0 Å². The molecule has 0 aliphatic carbocycles. The van der Waals surface area contributed by atoms with Gasteiger partial charge in [-0.25, -0.2) is 0 Å². The molecule has 0 fully saturated rings. The fourth-order valence-corrected chi connectivity index (χ4v) is 1.16. The van der Waals surface area contributed by atoms with Gasteiger partial charge in [-0.05, 0) is 33.6 Å². The lowest BCUT2D eigenvalue weighted by atomic mass is 10.0. The van der Waals surface area contributed by atoms with E-state index in [1.165, 1.54) is 0 Å². The van der Waals surface area contributed by atoms with Crippen molar-refractivity contribution in [2.24, 2.45) is 11.7 Å². The smallest absolute Gasteiger partial charge is 0.242 e. The second-order valence-corrected chi connectivity index (χ2v) is 5.74. The van der Waals surface area contributed by atoms with Crippen LogP contribution in [0.4, 0.5) is 0 Å². The lowest BCUT2D eigenvalue weighted by Gasteiger charge is -2.24. The van der Waals surface area contributed by atoms with Gasteiger partial charge >= 0.3 is 0 Å². The molecule has 5 nitrogen and oxygen atoms in total. The molecule has 1 unspecified atom stereocenters. The Balaban J connectivity index is 4.31. The van der Waals surface area contributed by atoms with Crippen LogP contribution in [0.2, 0.25) is 0 Å². The van der Waals surface area contributed by atoms with Crippen LogP contribution in [0.3, 0.4) is 0 Å². The van der Waals surface area contributed by atoms with Crippen molar-refractivity contribution >= 4 is 11.8 Å². The molecule has 0 rings (SSSR count). The maximum absolute atomic E-state index is 11.7. The molecule has 0 radical (unpaired) electrons. The normalized spacial score (nSPS) is 15.3. The number of hydrogen-bond donors (Lipinski definition) is 3. The third-order valence-electron chi connectivity index (χ3n) is 2.27. The zero-order chi connectivity index (χ0) is 13.8. The molecule has 0 saturated heterocycles. The number of nitrogens with one attached hydrogen (secondary N) is 2. The molecule has 0 bridgehead atoms. The fourth-order valence-electron chi connectivity index (χ4n) is 1.16. The molecule has 0 aromatic heterocycles. The van der Waals surface area contributed by atoms with Crippen LogP contribution < -0.4 is 16.4 Å². The van der Waals surface area contributed by atoms with E-state index in [4.69, 9.17) is 5.73 Å². The van der Waals surface area contributed by atoms with Crippen molar-refractivity contribution in [3.8, 4) is 0 Å². The van der Waals surface area contributed by atoms with Gasteiger partial charge in [0.05, 0.1) is 6.04 Å². The highest BCUT2D eigenvalue weighted by Gasteiger charge is 2.24. The summed E-state index contributed by atoms with van der Waals surface area (Å²) in [5, 5.41) is 5.41. The molecule has 0 saturated carbocycles. The summed E-state index contributed by atoms with van der Waals surface area (Å²) >= 11 is 0. The van der Waals surface area contributed by atoms with Gasteiger partial charge in [0.2, 0.25) is 11.8 Å². The van der Waals surface area contributed by atoms with Crippen LogP contribution in [0, 0.1) is 5.92 Å². The molecule has 100 valence electrons. The summed E-state index contributed by atoms with van der Waals surface area (Å²) in [5.41, 5.74) is 5.38. The van der Waals surface area contributed by atoms with Crippen LogP contribution in [-0.2, 0) is 9.59 Å². The Morgan fingerprint density at radius 3 is 1.88 bits per heavy atom. The topological polar surface area (TPSA) is 84.2 Å². The molecule has 2 amide bonds. The first-order chi connectivity index (χ1) is 7.54. The Morgan fingerprint density at radius 2 is 1.53 bits per heavy atom. The van der Waals surface area contributed by atoms with E-state index in [9.17, 15) is 9.59 Å². The third kappa shape index (κ3) is 6.26. The highest BCUT2D eigenvalue weighted by atomic mass is 16.2. The summed E-state index contributed by atoms with van der Waals surface area (Å²) < 4.78 is 0. The van der Waals surface area contributed by atoms with Crippen molar-refractivity contribution in [3.05, 3.63) is 0 Å². The molecular weight excluding hydrogens is 218 g/mol. The molecule has 2 atom stereocenters. The van der Waals surface area contributed by atoms with Gasteiger partial charge in [0.25, 0.3) is 0 Å². The van der Waals surface area contributed by atoms with Crippen molar-refractivity contribution in [2.75, 3.05) is 0 Å². The summed E-state index contributed by atoms with van der Waals surface area (Å²) in [6.45, 7) is 11.0. The third-order valence-corrected chi connectivity index (χ3v) is 2.27. The van der Waals surface area contributed by atoms with Gasteiger partial charge in [-0.2, -0.15) is 0 Å². The summed E-state index contributed by atoms with van der Waals surface area (Å²) in [7, 11) is 0. The van der Waals surface area contributed by atoms with E-state index in [0.29, 0.717) is 0 Å². The minimum Gasteiger partial charge on any atom is -0.350 e. The first kappa shape index (κ1) is 15.9. The summed E-state index contributed by atoms with van der Waals surface area (Å²) in [6.07, 6.45) is 0. The molecule has 0 aromatic carbocycles. The van der Waals surface area contributed by atoms with Gasteiger partial charge < -0.3 is 16.4 Å². The van der Waals surface area contributed by atoms with Crippen LogP contribution in [0.1, 0.15) is 41.5 Å². The number of carbonyl (C=O) groups is 2. The number of rotatable bonds is 4. The van der Waals surface area contributed by atoms with Gasteiger partial charge in [0.15, 0.2) is 0 Å². The predicted octanol–water partition coefficient (Wildman–Crippen LogP) is 0.389. The maximum atomic E-state index is 11.7. The van der Waals surface area contributed by atoms with Crippen LogP contribution in [0.25, 0.3) is 0 Å². The van der Waals surface area contributed by atoms with E-state index in [0.717, 1.165) is 0 Å². The molecule has 0 aromatic rings. The maximum Gasteiger partial charge on any atom is 0.242 e. The monoisotopic (exact) mass is 243 g/mol. The van der Waals surface area contributed by atoms with E-state index < -0.39 is 12.1 Å². The number of hydrogen-bond acceptors (Lipinski definition) is 3. The Labute approximate surface area is 104 Å². The minimum atomic E-state index is -0.583. The van der Waals surface area contributed by atoms with Crippen molar-refractivity contribution in [1.29, 1.82) is 0 Å². The lowest BCUT2D eigenvalue weighted by Crippen LogP contribution is -2.54. The molecule has 4 N–H and O–H groups in total. The van der Waals surface area contributed by atoms with Crippen LogP contribution in [0.5, 0.6) is 0 Å². The average Bonchev–Trinajstić information content (AvgIpc) is 2.13. The van der Waals surface area contributed by atoms with Gasteiger partial charge in [0.1, 0.15) is 6.04 Å². The van der Waals surface area contributed by atoms with Gasteiger partial charge in [-0.3, -0.25) is 9.59 Å². The molecule has 5 heteroatoms. The molecule has 0 aliphatic heterocycles. The van der Waals surface area contributed by atoms with E-state index in [1.54, 1.807) is 6.92 Å². The number of nitrogens with two attached hydrogens (primary N) is 1. The van der Waals surface area contributed by atoms with E-state index in [2.05, 4.69) is 10.6 Å². The van der Waals surface area contributed by atoms with Crippen LogP contribution >= 0.6 is 0 Å². The minimum absolute atomic E-state index is 0.0490. The SMILES string of the molecule is CC(NC(=O)[C@H](N)C(C)C)C(=O)NC(C)(C)C. The average molecular weight is 243 g/mol. The quantitative estimate of drug-likeness (QED) is 0.668. The second kappa shape index (κ2) is 6.00. The zero-order valence-electron chi connectivity index (χ0n) is 11.6. The van der Waals surface area contributed by atoms with Crippen molar-refractivity contribution in [2.45, 2.75) is 59.2 Å². The first-order valence-corrected chi connectivity index (χ1v) is 5.92. The van der Waals surface area contributed by atoms with Crippen molar-refractivity contribution < 1.29 is 9.59 Å². The highest BCUT2D eigenvalue weighted by molar-refractivity contribution is 5.89. The molecule has 0 aliphatic rings. The summed E-state index contributed by atoms with van der Waals surface area (Å²) in [4.78, 5) is 23.4. The molecule has 17 heavy (non-hydrogen) atoms. The number of amides is 2. The van der Waals surface area contributed by atoms with Crippen molar-refractivity contribution in [1.82, 2.24) is 10.6 Å². The Hall–Kier alpha value is -1.10. The van der Waals surface area contributed by atoms with Crippen LogP contribution in [-0.4, -0.2) is 29.4 Å².